The molecule has 7 nitrogen and oxygen atoms in total. The fraction of sp³-hybridized carbons (Fsp3) is 0.200. The molecule has 3 aromatic carbocycles. The summed E-state index contributed by atoms with van der Waals surface area (Å²) in [5.74, 6) is -0.459. The van der Waals surface area contributed by atoms with Gasteiger partial charge >= 0.3 is 0 Å². The highest BCUT2D eigenvalue weighted by atomic mass is 32.2. The van der Waals surface area contributed by atoms with Crippen molar-refractivity contribution in [1.29, 1.82) is 0 Å². The van der Waals surface area contributed by atoms with E-state index in [0.29, 0.717) is 18.5 Å². The summed E-state index contributed by atoms with van der Waals surface area (Å²) in [5.41, 5.74) is 1.65. The maximum absolute atomic E-state index is 12.7. The number of carbonyl (C=O) groups excluding carboxylic acids is 2. The van der Waals surface area contributed by atoms with Gasteiger partial charge < -0.3 is 10.6 Å². The molecule has 1 fully saturated rings. The van der Waals surface area contributed by atoms with Crippen molar-refractivity contribution < 1.29 is 18.0 Å². The van der Waals surface area contributed by atoms with Gasteiger partial charge in [-0.25, -0.2) is 8.42 Å². The molecule has 3 aromatic rings. The zero-order valence-corrected chi connectivity index (χ0v) is 18.8. The van der Waals surface area contributed by atoms with Crippen LogP contribution in [0.15, 0.2) is 84.3 Å². The van der Waals surface area contributed by atoms with E-state index < -0.39 is 10.0 Å². The minimum atomic E-state index is -3.65. The first-order valence-corrected chi connectivity index (χ1v) is 12.1. The van der Waals surface area contributed by atoms with Crippen LogP contribution in [0.4, 0.5) is 5.69 Å². The van der Waals surface area contributed by atoms with Crippen molar-refractivity contribution in [3.63, 3.8) is 0 Å². The standard InChI is InChI=1S/C25H25N3O4S/c1-2-24(29)27-21-16-28(17-21)33(31,32)22-13-11-20(12-14-22)26-25(30)15-10-19-8-5-7-18-6-3-4-9-23(18)19/h2-9,11-14,21H,1,10,15-17H2,(H,26,30)(H,27,29). The molecular formula is C25H25N3O4S. The molecule has 0 aliphatic carbocycles. The number of anilines is 1. The first kappa shape index (κ1) is 22.7. The second kappa shape index (κ2) is 9.56. The molecule has 1 aliphatic rings. The molecular weight excluding hydrogens is 438 g/mol. The molecule has 1 heterocycles. The molecule has 0 unspecified atom stereocenters. The highest BCUT2D eigenvalue weighted by Crippen LogP contribution is 2.24. The van der Waals surface area contributed by atoms with Gasteiger partial charge in [0.1, 0.15) is 0 Å². The lowest BCUT2D eigenvalue weighted by molar-refractivity contribution is -0.118. The molecule has 2 N–H and O–H groups in total. The zero-order chi connectivity index (χ0) is 23.4. The van der Waals surface area contributed by atoms with E-state index in [9.17, 15) is 18.0 Å². The van der Waals surface area contributed by atoms with Crippen LogP contribution in [0.25, 0.3) is 10.8 Å². The second-order valence-electron chi connectivity index (χ2n) is 7.94. The van der Waals surface area contributed by atoms with Crippen molar-refractivity contribution in [2.24, 2.45) is 0 Å². The van der Waals surface area contributed by atoms with Crippen molar-refractivity contribution in [3.05, 3.63) is 84.9 Å². The molecule has 8 heteroatoms. The van der Waals surface area contributed by atoms with Gasteiger partial charge in [0.25, 0.3) is 0 Å². The first-order valence-electron chi connectivity index (χ1n) is 10.7. The second-order valence-corrected chi connectivity index (χ2v) is 9.88. The van der Waals surface area contributed by atoms with Gasteiger partial charge in [0.15, 0.2) is 0 Å². The molecule has 1 saturated heterocycles. The highest BCUT2D eigenvalue weighted by molar-refractivity contribution is 7.89. The number of amides is 2. The summed E-state index contributed by atoms with van der Waals surface area (Å²) in [5, 5.41) is 7.78. The molecule has 33 heavy (non-hydrogen) atoms. The van der Waals surface area contributed by atoms with Gasteiger partial charge in [-0.2, -0.15) is 4.31 Å². The van der Waals surface area contributed by atoms with E-state index in [1.165, 1.54) is 16.4 Å². The molecule has 0 atom stereocenters. The van der Waals surface area contributed by atoms with Crippen molar-refractivity contribution in [2.45, 2.75) is 23.8 Å². The summed E-state index contributed by atoms with van der Waals surface area (Å²) in [6.45, 7) is 3.81. The van der Waals surface area contributed by atoms with Gasteiger partial charge in [-0.05, 0) is 53.1 Å². The third kappa shape index (κ3) is 5.13. The Morgan fingerprint density at radius 1 is 1.00 bits per heavy atom. The maximum atomic E-state index is 12.7. The summed E-state index contributed by atoms with van der Waals surface area (Å²) in [6.07, 6.45) is 2.09. The smallest absolute Gasteiger partial charge is 0.243 e. The number of aryl methyl sites for hydroxylation is 1. The predicted molar refractivity (Wildman–Crippen MR) is 128 cm³/mol. The Hall–Kier alpha value is -3.49. The van der Waals surface area contributed by atoms with Gasteiger partial charge in [0, 0.05) is 25.2 Å². The molecule has 0 spiro atoms. The Bertz CT molecular complexity index is 1290. The summed E-state index contributed by atoms with van der Waals surface area (Å²) < 4.78 is 26.7. The number of hydrogen-bond acceptors (Lipinski definition) is 4. The number of fused-ring (bicyclic) bond motifs is 1. The van der Waals surface area contributed by atoms with E-state index in [2.05, 4.69) is 23.3 Å². The lowest BCUT2D eigenvalue weighted by Crippen LogP contribution is -2.60. The zero-order valence-electron chi connectivity index (χ0n) is 18.0. The minimum Gasteiger partial charge on any atom is -0.347 e. The van der Waals surface area contributed by atoms with Crippen molar-refractivity contribution in [2.75, 3.05) is 18.4 Å². The van der Waals surface area contributed by atoms with Crippen molar-refractivity contribution in [3.8, 4) is 0 Å². The summed E-state index contributed by atoms with van der Waals surface area (Å²) in [6, 6.07) is 20.0. The fourth-order valence-electron chi connectivity index (χ4n) is 3.83. The molecule has 0 bridgehead atoms. The Balaban J connectivity index is 1.32. The minimum absolute atomic E-state index is 0.137. The van der Waals surface area contributed by atoms with E-state index >= 15 is 0 Å². The average Bonchev–Trinajstić information content (AvgIpc) is 2.79. The molecule has 170 valence electrons. The van der Waals surface area contributed by atoms with Gasteiger partial charge in [-0.3, -0.25) is 9.59 Å². The van der Waals surface area contributed by atoms with E-state index in [0.717, 1.165) is 22.4 Å². The number of rotatable bonds is 8. The van der Waals surface area contributed by atoms with Crippen molar-refractivity contribution >= 4 is 38.3 Å². The van der Waals surface area contributed by atoms with Crippen LogP contribution in [0.1, 0.15) is 12.0 Å². The maximum Gasteiger partial charge on any atom is 0.243 e. The molecule has 0 saturated carbocycles. The van der Waals surface area contributed by atoms with E-state index in [4.69, 9.17) is 0 Å². The van der Waals surface area contributed by atoms with Crippen LogP contribution in [0, 0.1) is 0 Å². The third-order valence-corrected chi connectivity index (χ3v) is 7.50. The van der Waals surface area contributed by atoms with E-state index in [1.54, 1.807) is 12.1 Å². The molecule has 0 aromatic heterocycles. The topological polar surface area (TPSA) is 95.6 Å². The SMILES string of the molecule is C=CC(=O)NC1CN(S(=O)(=O)c2ccc(NC(=O)CCc3cccc4ccccc34)cc2)C1. The quantitative estimate of drug-likeness (QED) is 0.502. The van der Waals surface area contributed by atoms with Crippen molar-refractivity contribution in [1.82, 2.24) is 9.62 Å². The Morgan fingerprint density at radius 2 is 1.70 bits per heavy atom. The van der Waals surface area contributed by atoms with Gasteiger partial charge in [0.05, 0.1) is 10.9 Å². The van der Waals surface area contributed by atoms with Crippen LogP contribution in [0.2, 0.25) is 0 Å². The summed E-state index contributed by atoms with van der Waals surface area (Å²) in [7, 11) is -3.65. The lowest BCUT2D eigenvalue weighted by Gasteiger charge is -2.38. The third-order valence-electron chi connectivity index (χ3n) is 5.66. The first-order chi connectivity index (χ1) is 15.9. The number of sulfonamides is 1. The van der Waals surface area contributed by atoms with Gasteiger partial charge in [-0.1, -0.05) is 49.0 Å². The summed E-state index contributed by atoms with van der Waals surface area (Å²) >= 11 is 0. The normalized spacial score (nSPS) is 14.4. The van der Waals surface area contributed by atoms with Crippen LogP contribution < -0.4 is 10.6 Å². The summed E-state index contributed by atoms with van der Waals surface area (Å²) in [4.78, 5) is 23.9. The number of nitrogens with zero attached hydrogens (tertiary/aromatic N) is 1. The molecule has 2 amide bonds. The number of benzene rings is 3. The van der Waals surface area contributed by atoms with Gasteiger partial charge in [0.2, 0.25) is 21.8 Å². The van der Waals surface area contributed by atoms with Crippen LogP contribution >= 0.6 is 0 Å². The Labute approximate surface area is 193 Å². The largest absolute Gasteiger partial charge is 0.347 e. The fourth-order valence-corrected chi connectivity index (χ4v) is 5.36. The number of nitrogens with one attached hydrogen (secondary N) is 2. The van der Waals surface area contributed by atoms with Crippen LogP contribution in [-0.2, 0) is 26.0 Å². The highest BCUT2D eigenvalue weighted by Gasteiger charge is 2.37. The molecule has 1 aliphatic heterocycles. The van der Waals surface area contributed by atoms with E-state index in [1.807, 2.05) is 36.4 Å². The average molecular weight is 464 g/mol. The number of hydrogen-bond donors (Lipinski definition) is 2. The van der Waals surface area contributed by atoms with Gasteiger partial charge in [-0.15, -0.1) is 0 Å². The van der Waals surface area contributed by atoms with Crippen LogP contribution in [-0.4, -0.2) is 43.7 Å². The van der Waals surface area contributed by atoms with Crippen LogP contribution in [0.5, 0.6) is 0 Å². The monoisotopic (exact) mass is 463 g/mol. The molecule has 0 radical (unpaired) electrons. The van der Waals surface area contributed by atoms with E-state index in [-0.39, 0.29) is 35.8 Å². The lowest BCUT2D eigenvalue weighted by atomic mass is 10.0. The predicted octanol–water partition coefficient (Wildman–Crippen LogP) is 3.09. The number of carbonyl (C=O) groups is 2. The Morgan fingerprint density at radius 3 is 2.42 bits per heavy atom. The Kier molecular flexibility index (Phi) is 6.57. The molecule has 4 rings (SSSR count). The van der Waals surface area contributed by atoms with Crippen LogP contribution in [0.3, 0.4) is 0 Å².